The first-order valence-electron chi connectivity index (χ1n) is 13.1. The molecule has 0 amide bonds. The van der Waals surface area contributed by atoms with Gasteiger partial charge in [-0.25, -0.2) is 29.9 Å². The maximum Gasteiger partial charge on any atom is 0.697 e. The minimum absolute atomic E-state index is 0.144. The van der Waals surface area contributed by atoms with Gasteiger partial charge in [-0.15, -0.1) is 9.05 Å². The van der Waals surface area contributed by atoms with Gasteiger partial charge in [0.1, 0.15) is 60.9 Å². The summed E-state index contributed by atoms with van der Waals surface area (Å²) in [6.07, 6.45) is -1.61. The Kier molecular flexibility index (Phi) is 7.11. The molecule has 10 atom stereocenters. The van der Waals surface area contributed by atoms with Crippen LogP contribution < -0.4 is 11.5 Å². The Morgan fingerprint density at radius 1 is 0.907 bits per heavy atom. The Morgan fingerprint density at radius 2 is 1.49 bits per heavy atom. The predicted molar refractivity (Wildman–Crippen MR) is 145 cm³/mol. The zero-order chi connectivity index (χ0) is 30.0. The summed E-state index contributed by atoms with van der Waals surface area (Å²) in [6.45, 7) is 2.50. The van der Waals surface area contributed by atoms with E-state index in [1.165, 1.54) is 36.5 Å². The first-order valence-corrected chi connectivity index (χ1v) is 16.2. The van der Waals surface area contributed by atoms with Crippen LogP contribution in [-0.2, 0) is 36.7 Å². The van der Waals surface area contributed by atoms with E-state index in [9.17, 15) is 14.2 Å². The molecule has 0 aromatic carbocycles. The summed E-state index contributed by atoms with van der Waals surface area (Å²) in [4.78, 5) is 24.8. The van der Waals surface area contributed by atoms with E-state index in [0.29, 0.717) is 22.3 Å². The minimum Gasteiger partial charge on any atom is -0.386 e. The van der Waals surface area contributed by atoms with E-state index >= 15 is 0 Å². The molecule has 7 rings (SSSR count). The summed E-state index contributed by atoms with van der Waals surface area (Å²) < 4.78 is 65.0. The third-order valence-electron chi connectivity index (χ3n) is 7.62. The number of fused-ring (bicyclic) bond motifs is 4. The molecule has 0 bridgehead atoms. The molecule has 3 aliphatic rings. The smallest absolute Gasteiger partial charge is 0.386 e. The number of hydrogen-bond acceptors (Lipinski definition) is 17. The lowest BCUT2D eigenvalue weighted by atomic mass is 10.0. The van der Waals surface area contributed by atoms with Crippen molar-refractivity contribution in [2.45, 2.75) is 49.9 Å². The number of nitrogens with two attached hydrogens (primary N) is 2. The highest BCUT2D eigenvalue weighted by atomic mass is 31.2. The van der Waals surface area contributed by atoms with Crippen molar-refractivity contribution in [2.24, 2.45) is 5.92 Å². The van der Waals surface area contributed by atoms with Gasteiger partial charge in [-0.2, -0.15) is 0 Å². The van der Waals surface area contributed by atoms with Crippen molar-refractivity contribution in [3.8, 4) is 0 Å². The Morgan fingerprint density at radius 3 is 2.14 bits per heavy atom. The monoisotopic (exact) mass is 637 g/mol. The van der Waals surface area contributed by atoms with Crippen LogP contribution in [0.1, 0.15) is 19.4 Å². The van der Waals surface area contributed by atoms with Gasteiger partial charge in [0.15, 0.2) is 35.3 Å². The molecule has 19 nitrogen and oxygen atoms in total. The molecule has 3 fully saturated rings. The molecule has 5 N–H and O–H groups in total. The normalized spacial score (nSPS) is 36.3. The van der Waals surface area contributed by atoms with Crippen LogP contribution in [0.2, 0.25) is 0 Å². The number of hydrogen-bond donors (Lipinski definition) is 3. The summed E-state index contributed by atoms with van der Waals surface area (Å²) >= 11 is 0. The number of anilines is 2. The van der Waals surface area contributed by atoms with E-state index in [0.717, 1.165) is 0 Å². The van der Waals surface area contributed by atoms with Gasteiger partial charge in [0.25, 0.3) is 0 Å². The van der Waals surface area contributed by atoms with Crippen molar-refractivity contribution < 1.29 is 41.8 Å². The zero-order valence-corrected chi connectivity index (χ0v) is 24.5. The Balaban J connectivity index is 1.14. The lowest BCUT2D eigenvalue weighted by molar-refractivity contribution is -0.0556. The van der Waals surface area contributed by atoms with Crippen molar-refractivity contribution in [1.82, 2.24) is 39.0 Å². The Labute approximate surface area is 243 Å². The van der Waals surface area contributed by atoms with Crippen LogP contribution in [0.4, 0.5) is 11.6 Å². The standard InChI is InChI=1S/C22H27N10O9P2/c1-9-15-11(38-21(9)31-7-29-12-17(23)25-5-27-19(12)31)4-37-43(2,35)41-16-10(3-36-42(34)40-15)39-22(14(16)33)32-8-30-13-18(24)26-6-28-20(13)32/h5-11,14-16,21-22,33H,3-4H2,1-2H3,(H2,23,25,27)(H2,24,26,28)/q+1/t9-,10-,11-,14-,15+,16-,21-,22-,43+/m1/s1. The number of nitrogen functional groups attached to an aromatic ring is 2. The molecule has 3 aliphatic heterocycles. The first kappa shape index (κ1) is 28.5. The van der Waals surface area contributed by atoms with Crippen molar-refractivity contribution in [3.05, 3.63) is 25.3 Å². The fourth-order valence-electron chi connectivity index (χ4n) is 5.55. The molecule has 0 spiro atoms. The number of imidazole rings is 2. The molecule has 0 saturated carbocycles. The number of aliphatic hydroxyl groups is 1. The highest BCUT2D eigenvalue weighted by molar-refractivity contribution is 7.53. The number of nitrogens with zero attached hydrogens (tertiary/aromatic N) is 8. The Hall–Kier alpha value is -3.25. The van der Waals surface area contributed by atoms with Crippen molar-refractivity contribution in [1.29, 1.82) is 0 Å². The molecular formula is C22H27N10O9P2+. The topological polar surface area (TPSA) is 249 Å². The van der Waals surface area contributed by atoms with Gasteiger partial charge in [-0.05, 0) is 0 Å². The average Bonchev–Trinajstić information content (AvgIpc) is 3.73. The summed E-state index contributed by atoms with van der Waals surface area (Å²) in [5.74, 6) is -0.0712. The van der Waals surface area contributed by atoms with Crippen LogP contribution in [0.15, 0.2) is 25.3 Å². The fourth-order valence-corrected chi connectivity index (χ4v) is 7.59. The Bertz CT molecular complexity index is 1750. The van der Waals surface area contributed by atoms with Crippen molar-refractivity contribution in [2.75, 3.05) is 31.3 Å². The second kappa shape index (κ2) is 10.7. The highest BCUT2D eigenvalue weighted by Crippen LogP contribution is 2.51. The number of aliphatic hydroxyl groups excluding tert-OH is 1. The van der Waals surface area contributed by atoms with Crippen LogP contribution in [0.25, 0.3) is 22.3 Å². The van der Waals surface area contributed by atoms with E-state index < -0.39 is 64.7 Å². The van der Waals surface area contributed by atoms with Gasteiger partial charge < -0.3 is 30.6 Å². The van der Waals surface area contributed by atoms with E-state index in [2.05, 4.69) is 29.9 Å². The summed E-state index contributed by atoms with van der Waals surface area (Å²) in [5.41, 5.74) is 13.3. The van der Waals surface area contributed by atoms with Crippen LogP contribution in [0.3, 0.4) is 0 Å². The summed E-state index contributed by atoms with van der Waals surface area (Å²) in [6, 6.07) is 0. The number of aromatic nitrogens is 8. The minimum atomic E-state index is -3.85. The lowest BCUT2D eigenvalue weighted by Crippen LogP contribution is -2.37. The van der Waals surface area contributed by atoms with Crippen molar-refractivity contribution >= 4 is 49.8 Å². The van der Waals surface area contributed by atoms with Crippen LogP contribution in [0.5, 0.6) is 0 Å². The van der Waals surface area contributed by atoms with E-state index in [1.807, 2.05) is 6.92 Å². The molecule has 0 radical (unpaired) electrons. The zero-order valence-electron chi connectivity index (χ0n) is 22.7. The largest absolute Gasteiger partial charge is 0.697 e. The summed E-state index contributed by atoms with van der Waals surface area (Å²) in [7, 11) is -6.56. The van der Waals surface area contributed by atoms with Crippen LogP contribution in [-0.4, -0.2) is 94.5 Å². The third kappa shape index (κ3) is 4.96. The molecule has 0 aliphatic carbocycles. The quantitative estimate of drug-likeness (QED) is 0.258. The fraction of sp³-hybridized carbons (Fsp3) is 0.545. The third-order valence-corrected chi connectivity index (χ3v) is 9.64. The maximum absolute atomic E-state index is 13.6. The highest BCUT2D eigenvalue weighted by Gasteiger charge is 2.53. The average molecular weight is 637 g/mol. The molecule has 4 aromatic rings. The van der Waals surface area contributed by atoms with Gasteiger partial charge in [-0.3, -0.25) is 18.2 Å². The number of ether oxygens (including phenoxy) is 2. The second-order valence-electron chi connectivity index (χ2n) is 10.4. The second-order valence-corrected chi connectivity index (χ2v) is 13.3. The molecule has 4 aromatic heterocycles. The van der Waals surface area contributed by atoms with E-state index in [-0.39, 0.29) is 24.8 Å². The molecule has 3 saturated heterocycles. The molecule has 21 heteroatoms. The maximum atomic E-state index is 13.6. The lowest BCUT2D eigenvalue weighted by Gasteiger charge is -2.25. The van der Waals surface area contributed by atoms with Crippen LogP contribution in [0, 0.1) is 5.92 Å². The van der Waals surface area contributed by atoms with Gasteiger partial charge in [0.05, 0.1) is 19.3 Å². The van der Waals surface area contributed by atoms with Gasteiger partial charge >= 0.3 is 15.9 Å². The molecule has 1 unspecified atom stereocenters. The summed E-state index contributed by atoms with van der Waals surface area (Å²) in [5, 5.41) is 11.3. The van der Waals surface area contributed by atoms with E-state index in [1.54, 1.807) is 4.57 Å². The van der Waals surface area contributed by atoms with Crippen LogP contribution >= 0.6 is 15.9 Å². The molecule has 7 heterocycles. The number of rotatable bonds is 2. The van der Waals surface area contributed by atoms with E-state index in [4.69, 9.17) is 39.0 Å². The van der Waals surface area contributed by atoms with Gasteiger partial charge in [-0.1, -0.05) is 6.92 Å². The first-order chi connectivity index (χ1) is 20.6. The SMILES string of the molecule is C[C@@H]1[C@@H]2O[P+](=O)OC[C@H]3O[C@@H](n4cnc5c(N)ncnc54)[C@H](O)[C@@H]3O[P@@](C)(=O)OC[C@H]2O[C@H]1n1cnc2c(N)ncnc21. The van der Waals surface area contributed by atoms with Gasteiger partial charge in [0.2, 0.25) is 0 Å². The predicted octanol–water partition coefficient (Wildman–Crippen LogP) is 0.920. The van der Waals surface area contributed by atoms with Crippen molar-refractivity contribution in [3.63, 3.8) is 0 Å². The molecule has 43 heavy (non-hydrogen) atoms. The molecule has 228 valence electrons. The molecular weight excluding hydrogens is 610 g/mol. The van der Waals surface area contributed by atoms with Gasteiger partial charge in [0, 0.05) is 17.1 Å².